The number of para-hydroxylation sites is 1. The van der Waals surface area contributed by atoms with Crippen LogP contribution in [0.3, 0.4) is 0 Å². The van der Waals surface area contributed by atoms with Gasteiger partial charge < -0.3 is 9.47 Å². The molecule has 0 aliphatic heterocycles. The summed E-state index contributed by atoms with van der Waals surface area (Å²) in [6.45, 7) is 2.42. The molecule has 0 radical (unpaired) electrons. The molecule has 5 nitrogen and oxygen atoms in total. The van der Waals surface area contributed by atoms with E-state index in [1.54, 1.807) is 13.3 Å². The third kappa shape index (κ3) is 5.74. The normalized spacial score (nSPS) is 11.1. The number of ether oxygens (including phenoxy) is 2. The highest BCUT2D eigenvalue weighted by molar-refractivity contribution is 6.31. The third-order valence-electron chi connectivity index (χ3n) is 5.91. The number of benzene rings is 4. The second-order valence-electron chi connectivity index (χ2n) is 8.55. The van der Waals surface area contributed by atoms with Gasteiger partial charge in [-0.15, -0.1) is 0 Å². The molecule has 0 amide bonds. The molecule has 0 saturated heterocycles. The van der Waals surface area contributed by atoms with Crippen molar-refractivity contribution < 1.29 is 9.47 Å². The van der Waals surface area contributed by atoms with Crippen LogP contribution in [0.4, 0.5) is 5.82 Å². The molecule has 0 spiro atoms. The first-order valence-electron chi connectivity index (χ1n) is 11.9. The van der Waals surface area contributed by atoms with Crippen LogP contribution in [0.1, 0.15) is 16.7 Å². The van der Waals surface area contributed by atoms with Crippen LogP contribution in [0.2, 0.25) is 5.02 Å². The first kappa shape index (κ1) is 24.3. The molecule has 0 N–H and O–H groups in total. The highest BCUT2D eigenvalue weighted by Gasteiger charge is 2.11. The van der Waals surface area contributed by atoms with Crippen LogP contribution in [-0.4, -0.2) is 23.1 Å². The number of hydrogen-bond acceptors (Lipinski definition) is 4. The Labute approximate surface area is 221 Å². The molecular weight excluding hydrogens is 482 g/mol. The summed E-state index contributed by atoms with van der Waals surface area (Å²) in [7, 11) is 1.62. The minimum absolute atomic E-state index is 0.349. The van der Waals surface area contributed by atoms with Gasteiger partial charge >= 0.3 is 0 Å². The van der Waals surface area contributed by atoms with Crippen molar-refractivity contribution >= 4 is 23.6 Å². The van der Waals surface area contributed by atoms with Crippen LogP contribution in [0, 0.1) is 6.92 Å². The van der Waals surface area contributed by atoms with Crippen LogP contribution in [0.5, 0.6) is 11.5 Å². The molecule has 0 atom stereocenters. The number of nitrogens with zero attached hydrogens (tertiary/aromatic N) is 3. The molecule has 0 aliphatic rings. The lowest BCUT2D eigenvalue weighted by Gasteiger charge is -2.12. The molecule has 6 heteroatoms. The van der Waals surface area contributed by atoms with Gasteiger partial charge in [0.2, 0.25) is 0 Å². The van der Waals surface area contributed by atoms with Gasteiger partial charge in [-0.1, -0.05) is 77.8 Å². The second kappa shape index (κ2) is 11.1. The Morgan fingerprint density at radius 3 is 2.38 bits per heavy atom. The summed E-state index contributed by atoms with van der Waals surface area (Å²) >= 11 is 6.26. The Morgan fingerprint density at radius 1 is 0.865 bits per heavy atom. The summed E-state index contributed by atoms with van der Waals surface area (Å²) in [5.74, 6) is 1.98. The van der Waals surface area contributed by atoms with E-state index in [0.29, 0.717) is 23.1 Å². The largest absolute Gasteiger partial charge is 0.493 e. The van der Waals surface area contributed by atoms with Gasteiger partial charge in [0.05, 0.1) is 18.5 Å². The fourth-order valence-electron chi connectivity index (χ4n) is 3.88. The maximum absolute atomic E-state index is 6.26. The number of methoxy groups -OCH3 is 1. The minimum Gasteiger partial charge on any atom is -0.493 e. The zero-order valence-electron chi connectivity index (χ0n) is 20.6. The average molecular weight is 508 g/mol. The van der Waals surface area contributed by atoms with Gasteiger partial charge in [0, 0.05) is 28.4 Å². The van der Waals surface area contributed by atoms with Gasteiger partial charge in [0.1, 0.15) is 6.61 Å². The Morgan fingerprint density at radius 2 is 1.62 bits per heavy atom. The summed E-state index contributed by atoms with van der Waals surface area (Å²) in [6, 6.07) is 33.6. The van der Waals surface area contributed by atoms with Crippen molar-refractivity contribution in [1.82, 2.24) is 9.78 Å². The molecule has 0 saturated carbocycles. The highest BCUT2D eigenvalue weighted by atomic mass is 35.5. The maximum Gasteiger partial charge on any atom is 0.161 e. The zero-order valence-corrected chi connectivity index (χ0v) is 21.4. The van der Waals surface area contributed by atoms with Crippen LogP contribution < -0.4 is 9.47 Å². The van der Waals surface area contributed by atoms with Crippen molar-refractivity contribution in [2.24, 2.45) is 4.99 Å². The predicted molar refractivity (Wildman–Crippen MR) is 150 cm³/mol. The molecule has 4 aromatic carbocycles. The molecule has 37 heavy (non-hydrogen) atoms. The van der Waals surface area contributed by atoms with Crippen LogP contribution in [0.15, 0.2) is 108 Å². The first-order valence-corrected chi connectivity index (χ1v) is 12.3. The number of aryl methyl sites for hydroxylation is 1. The number of aliphatic imine (C=N–C) groups is 1. The quantitative estimate of drug-likeness (QED) is 0.201. The Balaban J connectivity index is 1.42. The lowest BCUT2D eigenvalue weighted by molar-refractivity contribution is 0.284. The predicted octanol–water partition coefficient (Wildman–Crippen LogP) is 7.84. The molecule has 0 unspecified atom stereocenters. The molecular formula is C31H26ClN3O2. The van der Waals surface area contributed by atoms with Gasteiger partial charge in [-0.2, -0.15) is 5.10 Å². The molecule has 184 valence electrons. The Kier molecular flexibility index (Phi) is 7.33. The van der Waals surface area contributed by atoms with E-state index < -0.39 is 0 Å². The summed E-state index contributed by atoms with van der Waals surface area (Å²) in [5.41, 5.74) is 5.83. The van der Waals surface area contributed by atoms with E-state index in [0.717, 1.165) is 33.9 Å². The average Bonchev–Trinajstić information content (AvgIpc) is 3.37. The molecule has 5 aromatic rings. The fraction of sp³-hybridized carbons (Fsp3) is 0.0968. The lowest BCUT2D eigenvalue weighted by Crippen LogP contribution is -1.99. The molecule has 1 aromatic heterocycles. The van der Waals surface area contributed by atoms with Crippen molar-refractivity contribution in [3.63, 3.8) is 0 Å². The Hall–Kier alpha value is -4.35. The van der Waals surface area contributed by atoms with Gasteiger partial charge in [-0.25, -0.2) is 9.67 Å². The van der Waals surface area contributed by atoms with E-state index >= 15 is 0 Å². The molecule has 1 heterocycles. The van der Waals surface area contributed by atoms with Gasteiger partial charge in [0.25, 0.3) is 0 Å². The zero-order chi connectivity index (χ0) is 25.6. The fourth-order valence-corrected chi connectivity index (χ4v) is 4.07. The molecule has 0 fully saturated rings. The third-order valence-corrected chi connectivity index (χ3v) is 6.28. The number of hydrogen-bond donors (Lipinski definition) is 0. The van der Waals surface area contributed by atoms with Gasteiger partial charge in [-0.05, 0) is 48.9 Å². The monoisotopic (exact) mass is 507 g/mol. The molecule has 0 aliphatic carbocycles. The smallest absolute Gasteiger partial charge is 0.161 e. The van der Waals surface area contributed by atoms with Gasteiger partial charge in [0.15, 0.2) is 17.3 Å². The SMILES string of the molecule is COc1cc(C=Nc2cc(-c3ccc(C)cc3)nn2-c2ccccc2)ccc1OCc1ccccc1Cl. The van der Waals surface area contributed by atoms with Crippen molar-refractivity contribution in [1.29, 1.82) is 0 Å². The lowest BCUT2D eigenvalue weighted by atomic mass is 10.1. The summed E-state index contributed by atoms with van der Waals surface area (Å²) in [4.78, 5) is 4.79. The molecule has 0 bridgehead atoms. The van der Waals surface area contributed by atoms with Gasteiger partial charge in [-0.3, -0.25) is 0 Å². The van der Waals surface area contributed by atoms with E-state index in [2.05, 4.69) is 31.2 Å². The van der Waals surface area contributed by atoms with E-state index in [4.69, 9.17) is 31.2 Å². The van der Waals surface area contributed by atoms with E-state index in [9.17, 15) is 0 Å². The summed E-state index contributed by atoms with van der Waals surface area (Å²) in [5, 5.41) is 5.52. The van der Waals surface area contributed by atoms with Crippen molar-refractivity contribution in [2.45, 2.75) is 13.5 Å². The van der Waals surface area contributed by atoms with Crippen molar-refractivity contribution in [3.05, 3.63) is 125 Å². The minimum atomic E-state index is 0.349. The van der Waals surface area contributed by atoms with E-state index in [-0.39, 0.29) is 0 Å². The number of halogens is 1. The number of aromatic nitrogens is 2. The standard InChI is InChI=1S/C31H26ClN3O2/c1-22-12-15-24(16-13-22)28-19-31(35(34-28)26-9-4-3-5-10-26)33-20-23-14-17-29(30(18-23)36-2)37-21-25-8-6-7-11-27(25)32/h3-20H,21H2,1-2H3. The second-order valence-corrected chi connectivity index (χ2v) is 8.96. The van der Waals surface area contributed by atoms with Crippen LogP contribution in [-0.2, 0) is 6.61 Å². The van der Waals surface area contributed by atoms with Crippen LogP contribution in [0.25, 0.3) is 16.9 Å². The summed E-state index contributed by atoms with van der Waals surface area (Å²) < 4.78 is 13.4. The van der Waals surface area contributed by atoms with Crippen molar-refractivity contribution in [2.75, 3.05) is 7.11 Å². The maximum atomic E-state index is 6.26. The number of rotatable bonds is 8. The summed E-state index contributed by atoms with van der Waals surface area (Å²) in [6.07, 6.45) is 1.80. The molecule has 5 rings (SSSR count). The topological polar surface area (TPSA) is 48.6 Å². The Bertz CT molecular complexity index is 1530. The van der Waals surface area contributed by atoms with E-state index in [1.165, 1.54) is 5.56 Å². The van der Waals surface area contributed by atoms with E-state index in [1.807, 2.05) is 83.5 Å². The highest BCUT2D eigenvalue weighted by Crippen LogP contribution is 2.30. The van der Waals surface area contributed by atoms with Crippen LogP contribution >= 0.6 is 11.6 Å². The first-order chi connectivity index (χ1) is 18.1. The van der Waals surface area contributed by atoms with Crippen molar-refractivity contribution in [3.8, 4) is 28.4 Å².